The minimum Gasteiger partial charge on any atom is -0.309 e. The van der Waals surface area contributed by atoms with Crippen LogP contribution in [0.1, 0.15) is 47.5 Å². The van der Waals surface area contributed by atoms with Crippen LogP contribution in [0.25, 0.3) is 0 Å². The Labute approximate surface area is 102 Å². The first kappa shape index (κ1) is 17.7. The van der Waals surface area contributed by atoms with Gasteiger partial charge in [0.25, 0.3) is 0 Å². The lowest BCUT2D eigenvalue weighted by Gasteiger charge is -2.20. The fourth-order valence-corrected chi connectivity index (χ4v) is 2.84. The summed E-state index contributed by atoms with van der Waals surface area (Å²) in [5.74, 6) is 2.10. The normalized spacial score (nSPS) is 12.6. The van der Waals surface area contributed by atoms with Crippen LogP contribution < -0.4 is 0 Å². The molecule has 0 aromatic carbocycles. The third-order valence-electron chi connectivity index (χ3n) is 2.19. The third kappa shape index (κ3) is 12.2. The first-order valence-electron chi connectivity index (χ1n) is 6.34. The summed E-state index contributed by atoms with van der Waals surface area (Å²) in [6, 6.07) is 0. The summed E-state index contributed by atoms with van der Waals surface area (Å²) in [4.78, 5) is 2.26. The molecule has 0 fully saturated rings. The van der Waals surface area contributed by atoms with Crippen molar-refractivity contribution in [2.45, 2.75) is 52.7 Å². The van der Waals surface area contributed by atoms with Gasteiger partial charge >= 0.3 is 0 Å². The second-order valence-corrected chi connectivity index (χ2v) is 5.59. The molecule has 0 aromatic rings. The van der Waals surface area contributed by atoms with Gasteiger partial charge in [-0.3, -0.25) is 0 Å². The van der Waals surface area contributed by atoms with Crippen molar-refractivity contribution in [3.05, 3.63) is 0 Å². The van der Waals surface area contributed by atoms with E-state index in [-0.39, 0.29) is 0 Å². The maximum Gasteiger partial charge on any atom is 0.00704 e. The van der Waals surface area contributed by atoms with Gasteiger partial charge in [-0.25, -0.2) is 0 Å². The number of hydrogen-bond donors (Lipinski definition) is 0. The molecule has 0 aliphatic rings. The van der Waals surface area contributed by atoms with Gasteiger partial charge in [-0.05, 0) is 26.4 Å². The molecule has 0 N–H and O–H groups in total. The van der Waals surface area contributed by atoms with E-state index in [2.05, 4.69) is 51.5 Å². The molecule has 0 radical (unpaired) electrons. The molecule has 15 heavy (non-hydrogen) atoms. The Bertz CT molecular complexity index is 113. The highest BCUT2D eigenvalue weighted by molar-refractivity contribution is 7.99. The number of hydrogen-bond acceptors (Lipinski definition) is 2. The van der Waals surface area contributed by atoms with Crippen LogP contribution in [0.2, 0.25) is 0 Å². The molecule has 1 atom stereocenters. The van der Waals surface area contributed by atoms with Crippen LogP contribution in [0.4, 0.5) is 0 Å². The molecule has 0 spiro atoms. The molecule has 0 bridgehead atoms. The summed E-state index contributed by atoms with van der Waals surface area (Å²) in [6.07, 6.45) is 2.69. The molecule has 1 nitrogen and oxygen atoms in total. The SMILES string of the molecule is CC.CCCC(SCCN(C)C)C(C)C. The van der Waals surface area contributed by atoms with E-state index in [9.17, 15) is 0 Å². The number of rotatable bonds is 7. The fourth-order valence-electron chi connectivity index (χ4n) is 1.28. The second kappa shape index (κ2) is 12.4. The summed E-state index contributed by atoms with van der Waals surface area (Å²) >= 11 is 2.14. The van der Waals surface area contributed by atoms with Gasteiger partial charge in [0.2, 0.25) is 0 Å². The Morgan fingerprint density at radius 3 is 2.00 bits per heavy atom. The minimum absolute atomic E-state index is 0.826. The molecule has 1 unspecified atom stereocenters. The average Bonchev–Trinajstić information content (AvgIpc) is 2.19. The van der Waals surface area contributed by atoms with Crippen LogP contribution in [0.5, 0.6) is 0 Å². The van der Waals surface area contributed by atoms with E-state index in [0.29, 0.717) is 0 Å². The standard InChI is InChI=1S/C11H25NS.C2H6/c1-6-7-11(10(2)3)13-9-8-12(4)5;1-2/h10-11H,6-9H2,1-5H3;1-2H3. The van der Waals surface area contributed by atoms with E-state index in [1.807, 2.05) is 13.8 Å². The molecule has 0 rings (SSSR count). The van der Waals surface area contributed by atoms with E-state index >= 15 is 0 Å². The van der Waals surface area contributed by atoms with E-state index in [4.69, 9.17) is 0 Å². The van der Waals surface area contributed by atoms with Crippen molar-refractivity contribution in [3.8, 4) is 0 Å². The molecule has 0 heterocycles. The highest BCUT2D eigenvalue weighted by Crippen LogP contribution is 2.23. The van der Waals surface area contributed by atoms with Crippen LogP contribution in [0, 0.1) is 5.92 Å². The zero-order chi connectivity index (χ0) is 12.3. The third-order valence-corrected chi connectivity index (χ3v) is 3.81. The molecule has 0 aliphatic heterocycles. The first-order chi connectivity index (χ1) is 7.07. The van der Waals surface area contributed by atoms with Crippen molar-refractivity contribution in [1.82, 2.24) is 4.90 Å². The average molecular weight is 233 g/mol. The van der Waals surface area contributed by atoms with Crippen LogP contribution >= 0.6 is 11.8 Å². The van der Waals surface area contributed by atoms with Gasteiger partial charge in [0, 0.05) is 17.5 Å². The minimum atomic E-state index is 0.826. The summed E-state index contributed by atoms with van der Waals surface area (Å²) in [5.41, 5.74) is 0. The van der Waals surface area contributed by atoms with E-state index in [0.717, 1.165) is 11.2 Å². The van der Waals surface area contributed by atoms with Crippen LogP contribution in [0.15, 0.2) is 0 Å². The van der Waals surface area contributed by atoms with Crippen molar-refractivity contribution < 1.29 is 0 Å². The Morgan fingerprint density at radius 2 is 1.67 bits per heavy atom. The summed E-state index contributed by atoms with van der Waals surface area (Å²) in [7, 11) is 4.29. The number of nitrogens with zero attached hydrogens (tertiary/aromatic N) is 1. The van der Waals surface area contributed by atoms with Crippen LogP contribution in [0.3, 0.4) is 0 Å². The molecule has 0 amide bonds. The quantitative estimate of drug-likeness (QED) is 0.650. The molecule has 0 aliphatic carbocycles. The van der Waals surface area contributed by atoms with Crippen molar-refractivity contribution in [3.63, 3.8) is 0 Å². The largest absolute Gasteiger partial charge is 0.309 e. The molecule has 94 valence electrons. The summed E-state index contributed by atoms with van der Waals surface area (Å²) in [5, 5.41) is 0.866. The van der Waals surface area contributed by atoms with E-state index in [1.165, 1.54) is 25.1 Å². The molecule has 0 saturated carbocycles. The van der Waals surface area contributed by atoms with Gasteiger partial charge in [0.05, 0.1) is 0 Å². The van der Waals surface area contributed by atoms with Gasteiger partial charge in [0.15, 0.2) is 0 Å². The maximum absolute atomic E-state index is 2.34. The lowest BCUT2D eigenvalue weighted by atomic mass is 10.1. The second-order valence-electron chi connectivity index (χ2n) is 4.25. The van der Waals surface area contributed by atoms with Gasteiger partial charge in [-0.1, -0.05) is 41.0 Å². The van der Waals surface area contributed by atoms with Crippen molar-refractivity contribution >= 4 is 11.8 Å². The lowest BCUT2D eigenvalue weighted by Crippen LogP contribution is -2.18. The molecular weight excluding hydrogens is 202 g/mol. The lowest BCUT2D eigenvalue weighted by molar-refractivity contribution is 0.436. The fraction of sp³-hybridized carbons (Fsp3) is 1.00. The topological polar surface area (TPSA) is 3.24 Å². The van der Waals surface area contributed by atoms with Crippen LogP contribution in [-0.4, -0.2) is 36.5 Å². The maximum atomic E-state index is 2.34. The Balaban J connectivity index is 0. The first-order valence-corrected chi connectivity index (χ1v) is 7.39. The highest BCUT2D eigenvalue weighted by Gasteiger charge is 2.12. The predicted molar refractivity (Wildman–Crippen MR) is 75.9 cm³/mol. The number of thioether (sulfide) groups is 1. The zero-order valence-electron chi connectivity index (χ0n) is 11.8. The highest BCUT2D eigenvalue weighted by atomic mass is 32.2. The van der Waals surface area contributed by atoms with E-state index in [1.54, 1.807) is 0 Å². The Hall–Kier alpha value is 0.310. The molecule has 0 aromatic heterocycles. The van der Waals surface area contributed by atoms with Crippen molar-refractivity contribution in [2.24, 2.45) is 5.92 Å². The molecule has 0 saturated heterocycles. The predicted octanol–water partition coefficient (Wildman–Crippen LogP) is 4.13. The zero-order valence-corrected chi connectivity index (χ0v) is 12.7. The van der Waals surface area contributed by atoms with Crippen molar-refractivity contribution in [1.29, 1.82) is 0 Å². The smallest absolute Gasteiger partial charge is 0.00704 e. The summed E-state index contributed by atoms with van der Waals surface area (Å²) < 4.78 is 0. The van der Waals surface area contributed by atoms with Crippen LogP contribution in [-0.2, 0) is 0 Å². The van der Waals surface area contributed by atoms with Crippen molar-refractivity contribution in [2.75, 3.05) is 26.4 Å². The van der Waals surface area contributed by atoms with Gasteiger partial charge < -0.3 is 4.90 Å². The van der Waals surface area contributed by atoms with Gasteiger partial charge in [0.1, 0.15) is 0 Å². The summed E-state index contributed by atoms with van der Waals surface area (Å²) in [6.45, 7) is 12.2. The van der Waals surface area contributed by atoms with Gasteiger partial charge in [-0.15, -0.1) is 0 Å². The molecular formula is C13H31NS. The Kier molecular flexibility index (Phi) is 14.6. The monoisotopic (exact) mass is 233 g/mol. The van der Waals surface area contributed by atoms with E-state index < -0.39 is 0 Å². The molecule has 2 heteroatoms. The van der Waals surface area contributed by atoms with Gasteiger partial charge in [-0.2, -0.15) is 11.8 Å². The Morgan fingerprint density at radius 1 is 1.13 bits per heavy atom.